The maximum absolute atomic E-state index is 5.82. The Morgan fingerprint density at radius 2 is 2.13 bits per heavy atom. The Balaban J connectivity index is 0.00000341. The lowest BCUT2D eigenvalue weighted by Gasteiger charge is -2.31. The van der Waals surface area contributed by atoms with E-state index < -0.39 is 0 Å². The molecule has 0 radical (unpaired) electrons. The number of halogens is 1. The van der Waals surface area contributed by atoms with E-state index in [0.717, 1.165) is 78.0 Å². The van der Waals surface area contributed by atoms with Crippen molar-refractivity contribution < 1.29 is 14.2 Å². The van der Waals surface area contributed by atoms with Gasteiger partial charge in [-0.25, -0.2) is 4.99 Å². The Bertz CT molecular complexity index is 655. The Morgan fingerprint density at radius 3 is 2.90 bits per heavy atom. The Hall–Kier alpha value is -0.940. The van der Waals surface area contributed by atoms with Crippen LogP contribution in [0, 0.1) is 0 Å². The first-order valence-electron chi connectivity index (χ1n) is 11.4. The van der Waals surface area contributed by atoms with Gasteiger partial charge in [-0.05, 0) is 37.8 Å². The van der Waals surface area contributed by atoms with E-state index in [1.165, 1.54) is 11.1 Å². The molecule has 0 bridgehead atoms. The molecule has 0 aromatic heterocycles. The maximum atomic E-state index is 5.82. The lowest BCUT2D eigenvalue weighted by Crippen LogP contribution is -2.40. The van der Waals surface area contributed by atoms with Crippen molar-refractivity contribution in [3.8, 4) is 0 Å². The lowest BCUT2D eigenvalue weighted by atomic mass is 10.1. The van der Waals surface area contributed by atoms with E-state index in [4.69, 9.17) is 19.2 Å². The molecule has 31 heavy (non-hydrogen) atoms. The summed E-state index contributed by atoms with van der Waals surface area (Å²) in [5.74, 6) is 0.856. The topological polar surface area (TPSA) is 67.4 Å². The summed E-state index contributed by atoms with van der Waals surface area (Å²) in [6.07, 6.45) is 2.56. The van der Waals surface area contributed by atoms with Crippen molar-refractivity contribution in [3.05, 3.63) is 35.4 Å². The molecule has 2 heterocycles. The molecule has 2 aliphatic rings. The molecule has 2 atom stereocenters. The van der Waals surface area contributed by atoms with Gasteiger partial charge in [0, 0.05) is 45.9 Å². The van der Waals surface area contributed by atoms with Crippen molar-refractivity contribution >= 4 is 29.9 Å². The monoisotopic (exact) mass is 546 g/mol. The second-order valence-corrected chi connectivity index (χ2v) is 8.07. The largest absolute Gasteiger partial charge is 0.379 e. The molecule has 176 valence electrons. The molecule has 2 aliphatic heterocycles. The fourth-order valence-electron chi connectivity index (χ4n) is 3.80. The Morgan fingerprint density at radius 1 is 1.26 bits per heavy atom. The predicted molar refractivity (Wildman–Crippen MR) is 135 cm³/mol. The summed E-state index contributed by atoms with van der Waals surface area (Å²) < 4.78 is 16.8. The Labute approximate surface area is 204 Å². The van der Waals surface area contributed by atoms with Crippen molar-refractivity contribution in [3.63, 3.8) is 0 Å². The van der Waals surface area contributed by atoms with Crippen LogP contribution in [0.4, 0.5) is 0 Å². The summed E-state index contributed by atoms with van der Waals surface area (Å²) >= 11 is 0. The highest BCUT2D eigenvalue weighted by atomic mass is 127. The van der Waals surface area contributed by atoms with Gasteiger partial charge in [-0.15, -0.1) is 24.0 Å². The molecule has 1 aromatic rings. The third kappa shape index (κ3) is 10.0. The number of nitrogens with zero attached hydrogens (tertiary/aromatic N) is 2. The van der Waals surface area contributed by atoms with Gasteiger partial charge in [-0.3, -0.25) is 4.90 Å². The van der Waals surface area contributed by atoms with E-state index in [2.05, 4.69) is 53.6 Å². The first kappa shape index (κ1) is 26.3. The maximum Gasteiger partial charge on any atom is 0.191 e. The average molecular weight is 546 g/mol. The first-order valence-corrected chi connectivity index (χ1v) is 11.4. The molecule has 2 unspecified atom stereocenters. The van der Waals surface area contributed by atoms with Crippen molar-refractivity contribution in [1.29, 1.82) is 0 Å². The molecular formula is C23H39IN4O3. The van der Waals surface area contributed by atoms with Crippen molar-refractivity contribution in [2.24, 2.45) is 4.99 Å². The van der Waals surface area contributed by atoms with Crippen LogP contribution in [0.25, 0.3) is 0 Å². The summed E-state index contributed by atoms with van der Waals surface area (Å²) in [5.41, 5.74) is 2.57. The van der Waals surface area contributed by atoms with Gasteiger partial charge in [-0.2, -0.15) is 0 Å². The zero-order valence-corrected chi connectivity index (χ0v) is 21.3. The number of nitrogens with one attached hydrogen (secondary N) is 2. The van der Waals surface area contributed by atoms with Gasteiger partial charge in [0.15, 0.2) is 5.96 Å². The number of morpholine rings is 1. The summed E-state index contributed by atoms with van der Waals surface area (Å²) in [4.78, 5) is 7.22. The number of aliphatic imine (C=N–C) groups is 1. The zero-order valence-electron chi connectivity index (χ0n) is 19.0. The minimum absolute atomic E-state index is 0. The third-order valence-corrected chi connectivity index (χ3v) is 5.34. The van der Waals surface area contributed by atoms with Crippen molar-refractivity contribution in [1.82, 2.24) is 15.5 Å². The Kier molecular flexibility index (Phi) is 12.7. The van der Waals surface area contributed by atoms with Crippen LogP contribution < -0.4 is 10.6 Å². The summed E-state index contributed by atoms with van der Waals surface area (Å²) in [6.45, 7) is 12.7. The molecule has 0 amide bonds. The van der Waals surface area contributed by atoms with Gasteiger partial charge in [0.2, 0.25) is 0 Å². The van der Waals surface area contributed by atoms with Crippen molar-refractivity contribution in [2.75, 3.05) is 52.6 Å². The fraction of sp³-hybridized carbons (Fsp3) is 0.696. The molecule has 8 heteroatoms. The van der Waals surface area contributed by atoms with Gasteiger partial charge in [0.05, 0.1) is 32.0 Å². The van der Waals surface area contributed by atoms with Crippen molar-refractivity contribution in [2.45, 2.75) is 52.0 Å². The number of rotatable bonds is 10. The van der Waals surface area contributed by atoms with E-state index in [0.29, 0.717) is 12.6 Å². The number of benzene rings is 1. The molecule has 2 saturated heterocycles. The molecule has 0 aliphatic carbocycles. The second-order valence-electron chi connectivity index (χ2n) is 8.07. The van der Waals surface area contributed by atoms with Gasteiger partial charge in [0.25, 0.3) is 0 Å². The zero-order chi connectivity index (χ0) is 21.0. The summed E-state index contributed by atoms with van der Waals surface area (Å²) in [5, 5.41) is 6.73. The quantitative estimate of drug-likeness (QED) is 0.204. The standard InChI is InChI=1S/C23H38N4O3.HI/c1-3-24-23(25-9-5-11-30-22-8-12-28-18-22)26-15-20-6-4-7-21(14-20)17-27-10-13-29-19(2)16-27;/h4,6-7,14,19,22H,3,5,8-13,15-18H2,1-2H3,(H2,24,25,26);1H. The van der Waals surface area contributed by atoms with E-state index in [9.17, 15) is 0 Å². The minimum Gasteiger partial charge on any atom is -0.379 e. The number of ether oxygens (including phenoxy) is 3. The second kappa shape index (κ2) is 15.0. The van der Waals surface area contributed by atoms with E-state index in [1.807, 2.05) is 0 Å². The molecule has 3 rings (SSSR count). The SMILES string of the molecule is CCNC(=NCc1cccc(CN2CCOC(C)C2)c1)NCCCOC1CCOC1.I. The molecule has 0 spiro atoms. The van der Waals surface area contributed by atoms with Crippen LogP contribution in [0.3, 0.4) is 0 Å². The van der Waals surface area contributed by atoms with Crippen LogP contribution in [-0.2, 0) is 27.3 Å². The lowest BCUT2D eigenvalue weighted by molar-refractivity contribution is -0.0212. The number of guanidine groups is 1. The van der Waals surface area contributed by atoms with Crippen LogP contribution in [0.15, 0.2) is 29.3 Å². The first-order chi connectivity index (χ1) is 14.7. The molecular weight excluding hydrogens is 507 g/mol. The number of hydrogen-bond donors (Lipinski definition) is 2. The van der Waals surface area contributed by atoms with Crippen LogP contribution in [0.1, 0.15) is 37.8 Å². The highest BCUT2D eigenvalue weighted by Crippen LogP contribution is 2.13. The molecule has 1 aromatic carbocycles. The van der Waals surface area contributed by atoms with E-state index >= 15 is 0 Å². The minimum atomic E-state index is 0. The molecule has 2 fully saturated rings. The highest BCUT2D eigenvalue weighted by Gasteiger charge is 2.17. The van der Waals surface area contributed by atoms with E-state index in [-0.39, 0.29) is 30.1 Å². The van der Waals surface area contributed by atoms with Crippen LogP contribution in [0.5, 0.6) is 0 Å². The van der Waals surface area contributed by atoms with Crippen LogP contribution in [-0.4, -0.2) is 75.7 Å². The van der Waals surface area contributed by atoms with Gasteiger partial charge >= 0.3 is 0 Å². The molecule has 2 N–H and O–H groups in total. The normalized spacial score (nSPS) is 22.2. The highest BCUT2D eigenvalue weighted by molar-refractivity contribution is 14.0. The van der Waals surface area contributed by atoms with Crippen LogP contribution >= 0.6 is 24.0 Å². The smallest absolute Gasteiger partial charge is 0.191 e. The predicted octanol–water partition coefficient (Wildman–Crippen LogP) is 2.78. The molecule has 0 saturated carbocycles. The molecule has 7 nitrogen and oxygen atoms in total. The number of hydrogen-bond acceptors (Lipinski definition) is 5. The van der Waals surface area contributed by atoms with Gasteiger partial charge < -0.3 is 24.8 Å². The van der Waals surface area contributed by atoms with E-state index in [1.54, 1.807) is 0 Å². The summed E-state index contributed by atoms with van der Waals surface area (Å²) in [6, 6.07) is 8.75. The third-order valence-electron chi connectivity index (χ3n) is 5.34. The van der Waals surface area contributed by atoms with Gasteiger partial charge in [0.1, 0.15) is 0 Å². The average Bonchev–Trinajstić information content (AvgIpc) is 3.25. The van der Waals surface area contributed by atoms with Gasteiger partial charge in [-0.1, -0.05) is 24.3 Å². The fourth-order valence-corrected chi connectivity index (χ4v) is 3.80. The summed E-state index contributed by atoms with van der Waals surface area (Å²) in [7, 11) is 0. The van der Waals surface area contributed by atoms with Crippen LogP contribution in [0.2, 0.25) is 0 Å².